The van der Waals surface area contributed by atoms with Crippen molar-refractivity contribution in [2.24, 2.45) is 11.7 Å². The lowest BCUT2D eigenvalue weighted by Crippen LogP contribution is -2.29. The van der Waals surface area contributed by atoms with Gasteiger partial charge in [0.2, 0.25) is 5.89 Å². The Morgan fingerprint density at radius 2 is 2.47 bits per heavy atom. The van der Waals surface area contributed by atoms with Gasteiger partial charge >= 0.3 is 0 Å². The van der Waals surface area contributed by atoms with Gasteiger partial charge in [0.15, 0.2) is 5.82 Å². The molecule has 84 valence electrons. The molecule has 0 aromatic carbocycles. The van der Waals surface area contributed by atoms with E-state index in [4.69, 9.17) is 10.3 Å². The SMILES string of the molecule is Cc1noc(CN2CCC(C(C)N)C2)n1. The molecule has 5 heteroatoms. The monoisotopic (exact) mass is 210 g/mol. The second-order valence-electron chi connectivity index (χ2n) is 4.38. The van der Waals surface area contributed by atoms with E-state index < -0.39 is 0 Å². The van der Waals surface area contributed by atoms with Crippen LogP contribution in [-0.2, 0) is 6.54 Å². The molecule has 0 aliphatic carbocycles. The number of aromatic nitrogens is 2. The zero-order valence-corrected chi connectivity index (χ0v) is 9.31. The summed E-state index contributed by atoms with van der Waals surface area (Å²) < 4.78 is 5.09. The van der Waals surface area contributed by atoms with Crippen molar-refractivity contribution in [2.45, 2.75) is 32.9 Å². The van der Waals surface area contributed by atoms with Crippen LogP contribution < -0.4 is 5.73 Å². The molecule has 0 radical (unpaired) electrons. The number of nitrogens with two attached hydrogens (primary N) is 1. The normalized spacial score (nSPS) is 24.6. The van der Waals surface area contributed by atoms with Crippen molar-refractivity contribution < 1.29 is 4.52 Å². The molecular weight excluding hydrogens is 192 g/mol. The Bertz CT molecular complexity index is 323. The third-order valence-corrected chi connectivity index (χ3v) is 2.98. The quantitative estimate of drug-likeness (QED) is 0.789. The van der Waals surface area contributed by atoms with Crippen LogP contribution in [0.25, 0.3) is 0 Å². The Morgan fingerprint density at radius 3 is 3.00 bits per heavy atom. The van der Waals surface area contributed by atoms with E-state index >= 15 is 0 Å². The van der Waals surface area contributed by atoms with Crippen LogP contribution in [0.5, 0.6) is 0 Å². The van der Waals surface area contributed by atoms with Gasteiger partial charge in [0, 0.05) is 12.6 Å². The summed E-state index contributed by atoms with van der Waals surface area (Å²) in [6, 6.07) is 0.277. The molecule has 2 N–H and O–H groups in total. The number of hydrogen-bond acceptors (Lipinski definition) is 5. The Hall–Kier alpha value is -0.940. The average Bonchev–Trinajstić information content (AvgIpc) is 2.76. The van der Waals surface area contributed by atoms with Crippen LogP contribution in [0.2, 0.25) is 0 Å². The fourth-order valence-electron chi connectivity index (χ4n) is 2.03. The highest BCUT2D eigenvalue weighted by molar-refractivity contribution is 4.87. The van der Waals surface area contributed by atoms with E-state index in [1.54, 1.807) is 0 Å². The van der Waals surface area contributed by atoms with Crippen molar-refractivity contribution in [3.05, 3.63) is 11.7 Å². The predicted octanol–water partition coefficient (Wildman–Crippen LogP) is 0.547. The predicted molar refractivity (Wildman–Crippen MR) is 56.1 cm³/mol. The van der Waals surface area contributed by atoms with Crippen LogP contribution in [-0.4, -0.2) is 34.2 Å². The van der Waals surface area contributed by atoms with E-state index in [9.17, 15) is 0 Å². The van der Waals surface area contributed by atoms with Crippen LogP contribution >= 0.6 is 0 Å². The highest BCUT2D eigenvalue weighted by Gasteiger charge is 2.26. The highest BCUT2D eigenvalue weighted by atomic mass is 16.5. The zero-order valence-electron chi connectivity index (χ0n) is 9.31. The summed E-state index contributed by atoms with van der Waals surface area (Å²) in [5, 5.41) is 3.78. The van der Waals surface area contributed by atoms with Gasteiger partial charge in [0.1, 0.15) is 0 Å². The van der Waals surface area contributed by atoms with Crippen LogP contribution in [0.15, 0.2) is 4.52 Å². The number of rotatable bonds is 3. The summed E-state index contributed by atoms with van der Waals surface area (Å²) in [6.07, 6.45) is 1.17. The van der Waals surface area contributed by atoms with E-state index in [0.29, 0.717) is 17.6 Å². The van der Waals surface area contributed by atoms with Crippen molar-refractivity contribution in [2.75, 3.05) is 13.1 Å². The van der Waals surface area contributed by atoms with Gasteiger partial charge in [-0.3, -0.25) is 4.90 Å². The molecule has 1 saturated heterocycles. The average molecular weight is 210 g/mol. The van der Waals surface area contributed by atoms with Gasteiger partial charge in [0.05, 0.1) is 6.54 Å². The second-order valence-corrected chi connectivity index (χ2v) is 4.38. The third kappa shape index (κ3) is 2.54. The molecule has 1 aromatic heterocycles. The summed E-state index contributed by atoms with van der Waals surface area (Å²) in [5.74, 6) is 2.01. The molecule has 2 unspecified atom stereocenters. The first-order valence-electron chi connectivity index (χ1n) is 5.42. The zero-order chi connectivity index (χ0) is 10.8. The molecule has 2 heterocycles. The molecule has 1 aliphatic rings. The number of aryl methyl sites for hydroxylation is 1. The van der Waals surface area contributed by atoms with E-state index in [0.717, 1.165) is 19.6 Å². The lowest BCUT2D eigenvalue weighted by Gasteiger charge is -2.15. The molecule has 0 spiro atoms. The molecule has 0 bridgehead atoms. The van der Waals surface area contributed by atoms with Crippen LogP contribution in [0.4, 0.5) is 0 Å². The Balaban J connectivity index is 1.87. The van der Waals surface area contributed by atoms with Crippen molar-refractivity contribution in [1.29, 1.82) is 0 Å². The summed E-state index contributed by atoms with van der Waals surface area (Å²) in [7, 11) is 0. The van der Waals surface area contributed by atoms with Gasteiger partial charge in [-0.1, -0.05) is 5.16 Å². The summed E-state index contributed by atoms with van der Waals surface area (Å²) >= 11 is 0. The summed E-state index contributed by atoms with van der Waals surface area (Å²) in [4.78, 5) is 6.51. The van der Waals surface area contributed by atoms with Crippen molar-refractivity contribution in [3.63, 3.8) is 0 Å². The van der Waals surface area contributed by atoms with Gasteiger partial charge in [0.25, 0.3) is 0 Å². The Kier molecular flexibility index (Phi) is 3.02. The smallest absolute Gasteiger partial charge is 0.240 e. The lowest BCUT2D eigenvalue weighted by atomic mass is 10.0. The van der Waals surface area contributed by atoms with Crippen molar-refractivity contribution in [3.8, 4) is 0 Å². The van der Waals surface area contributed by atoms with Crippen molar-refractivity contribution in [1.82, 2.24) is 15.0 Å². The third-order valence-electron chi connectivity index (χ3n) is 2.98. The number of nitrogens with zero attached hydrogens (tertiary/aromatic N) is 3. The maximum atomic E-state index is 5.88. The minimum Gasteiger partial charge on any atom is -0.338 e. The molecular formula is C10H18N4O. The molecule has 1 aliphatic heterocycles. The van der Waals surface area contributed by atoms with Crippen molar-refractivity contribution >= 4 is 0 Å². The largest absolute Gasteiger partial charge is 0.338 e. The summed E-state index contributed by atoms with van der Waals surface area (Å²) in [6.45, 7) is 6.78. The molecule has 1 fully saturated rings. The van der Waals surface area contributed by atoms with Gasteiger partial charge in [-0.05, 0) is 32.7 Å². The molecule has 15 heavy (non-hydrogen) atoms. The van der Waals surface area contributed by atoms with Gasteiger partial charge < -0.3 is 10.3 Å². The first-order valence-corrected chi connectivity index (χ1v) is 5.42. The van der Waals surface area contributed by atoms with Crippen LogP contribution in [0.3, 0.4) is 0 Å². The maximum absolute atomic E-state index is 5.88. The Morgan fingerprint density at radius 1 is 1.67 bits per heavy atom. The Labute approximate surface area is 89.6 Å². The first kappa shape index (κ1) is 10.6. The van der Waals surface area contributed by atoms with E-state index in [-0.39, 0.29) is 6.04 Å². The fraction of sp³-hybridized carbons (Fsp3) is 0.800. The van der Waals surface area contributed by atoms with E-state index in [1.807, 2.05) is 6.92 Å². The van der Waals surface area contributed by atoms with Crippen LogP contribution in [0.1, 0.15) is 25.1 Å². The molecule has 2 atom stereocenters. The molecule has 0 amide bonds. The van der Waals surface area contributed by atoms with Gasteiger partial charge in [-0.25, -0.2) is 0 Å². The minimum absolute atomic E-state index is 0.277. The minimum atomic E-state index is 0.277. The molecule has 1 aromatic rings. The molecule has 5 nitrogen and oxygen atoms in total. The number of likely N-dealkylation sites (tertiary alicyclic amines) is 1. The maximum Gasteiger partial charge on any atom is 0.240 e. The van der Waals surface area contributed by atoms with Gasteiger partial charge in [-0.2, -0.15) is 4.98 Å². The van der Waals surface area contributed by atoms with E-state index in [1.165, 1.54) is 6.42 Å². The highest BCUT2D eigenvalue weighted by Crippen LogP contribution is 2.19. The fourth-order valence-corrected chi connectivity index (χ4v) is 2.03. The van der Waals surface area contributed by atoms with Crippen LogP contribution in [0, 0.1) is 12.8 Å². The first-order chi connectivity index (χ1) is 7.15. The standard InChI is InChI=1S/C10H18N4O/c1-7(11)9-3-4-14(5-9)6-10-12-8(2)13-15-10/h7,9H,3-6,11H2,1-2H3. The second kappa shape index (κ2) is 4.28. The topological polar surface area (TPSA) is 68.2 Å². The van der Waals surface area contributed by atoms with Gasteiger partial charge in [-0.15, -0.1) is 0 Å². The molecule has 0 saturated carbocycles. The lowest BCUT2D eigenvalue weighted by molar-refractivity contribution is 0.256. The van der Waals surface area contributed by atoms with E-state index in [2.05, 4.69) is 22.0 Å². The summed E-state index contributed by atoms with van der Waals surface area (Å²) in [5.41, 5.74) is 5.88. The number of hydrogen-bond donors (Lipinski definition) is 1. The molecule has 2 rings (SSSR count).